The summed E-state index contributed by atoms with van der Waals surface area (Å²) in [4.78, 5) is 58.6. The number of carbonyl (C=O) groups is 2. The number of amides is 2. The number of azo groups is 1. The first-order valence-electron chi connectivity index (χ1n) is 23.4. The summed E-state index contributed by atoms with van der Waals surface area (Å²) >= 11 is 4.08. The fourth-order valence-electron chi connectivity index (χ4n) is 9.61. The van der Waals surface area contributed by atoms with Crippen LogP contribution in [0.2, 0.25) is 0 Å². The van der Waals surface area contributed by atoms with E-state index in [-0.39, 0.29) is 29.1 Å². The summed E-state index contributed by atoms with van der Waals surface area (Å²) in [5.74, 6) is -0.234. The van der Waals surface area contributed by atoms with Gasteiger partial charge in [-0.1, -0.05) is 48.5 Å². The number of aromatic nitrogens is 5. The highest BCUT2D eigenvalue weighted by Gasteiger charge is 2.33. The van der Waals surface area contributed by atoms with Crippen LogP contribution in [0, 0.1) is 6.92 Å². The summed E-state index contributed by atoms with van der Waals surface area (Å²) in [5.41, 5.74) is 8.86. The number of thiophene rings is 1. The molecule has 8 aromatic rings. The zero-order valence-corrected chi connectivity index (χ0v) is 40.4. The van der Waals surface area contributed by atoms with E-state index in [1.807, 2.05) is 66.9 Å². The number of carbonyl (C=O) groups excluding carboxylic acids is 2. The van der Waals surface area contributed by atoms with E-state index < -0.39 is 0 Å². The lowest BCUT2D eigenvalue weighted by Gasteiger charge is -2.35. The number of pyridine rings is 1. The van der Waals surface area contributed by atoms with Crippen LogP contribution in [0.4, 0.5) is 22.2 Å². The summed E-state index contributed by atoms with van der Waals surface area (Å²) in [6.07, 6.45) is 8.38. The Morgan fingerprint density at radius 1 is 0.855 bits per heavy atom. The molecular weight excluding hydrogens is 925 g/mol. The van der Waals surface area contributed by atoms with Crippen molar-refractivity contribution in [2.24, 2.45) is 10.2 Å². The van der Waals surface area contributed by atoms with Gasteiger partial charge in [-0.15, -0.1) is 44.2 Å². The summed E-state index contributed by atoms with van der Waals surface area (Å²) < 4.78 is 1.38. The number of unbranched alkanes of at least 4 members (excludes halogenated alkanes) is 1. The van der Waals surface area contributed by atoms with Crippen molar-refractivity contribution in [3.63, 3.8) is 0 Å². The molecule has 350 valence electrons. The average Bonchev–Trinajstić information content (AvgIpc) is 4.24. The second kappa shape index (κ2) is 19.6. The second-order valence-corrected chi connectivity index (χ2v) is 20.6. The van der Waals surface area contributed by atoms with Crippen molar-refractivity contribution in [2.45, 2.75) is 70.0 Å². The van der Waals surface area contributed by atoms with E-state index in [1.54, 1.807) is 23.7 Å². The van der Waals surface area contributed by atoms with Crippen LogP contribution in [-0.2, 0) is 12.8 Å². The maximum absolute atomic E-state index is 14.0. The van der Waals surface area contributed by atoms with E-state index in [9.17, 15) is 14.4 Å². The highest BCUT2D eigenvalue weighted by Crippen LogP contribution is 2.37. The molecule has 7 heterocycles. The lowest BCUT2D eigenvalue weighted by molar-refractivity contribution is 0.0934. The summed E-state index contributed by atoms with van der Waals surface area (Å²) in [7, 11) is 0. The van der Waals surface area contributed by atoms with Crippen LogP contribution >= 0.6 is 34.0 Å². The third-order valence-corrected chi connectivity index (χ3v) is 15.7. The minimum atomic E-state index is -0.384. The molecule has 2 saturated heterocycles. The van der Waals surface area contributed by atoms with Gasteiger partial charge in [0.05, 0.1) is 17.1 Å². The van der Waals surface area contributed by atoms with Gasteiger partial charge in [-0.2, -0.15) is 4.68 Å². The Hall–Kier alpha value is -6.86. The van der Waals surface area contributed by atoms with E-state index in [0.717, 1.165) is 77.9 Å². The van der Waals surface area contributed by atoms with Crippen LogP contribution in [0.5, 0.6) is 0 Å². The van der Waals surface area contributed by atoms with E-state index in [0.29, 0.717) is 57.3 Å². The van der Waals surface area contributed by atoms with Crippen molar-refractivity contribution < 1.29 is 9.59 Å². The maximum atomic E-state index is 14.0. The number of aryl methyl sites for hydroxylation is 2. The molecule has 0 unspecified atom stereocenters. The standard InChI is InChI=1S/C51H50N12O3S3/c1-30-9-20-40-43(45(69-48(40)55-30)47(65)57-36-16-14-35-26-39(19-15-34(35)25-36)62-27-37-17-18-38(28-62)56-37)52-21-5-6-22-53-46(64)33-12-10-31(11-13-33)41-29-68-51(58-41)63-49(66)44(59-60-50-54-23-24-67-50)42(61-63)32-7-3-2-4-8-32/h2-4,7-13,15,19-20,23-24,26,29,36-38,52,56,61H,5-6,14,16-18,21-22,25,27-28H2,1H3,(H,53,64)(H,57,65)/t36-,37-,38+/m0/s1. The van der Waals surface area contributed by atoms with Gasteiger partial charge in [0, 0.05) is 94.7 Å². The second-order valence-electron chi connectivity index (χ2n) is 17.9. The fourth-order valence-corrected chi connectivity index (χ4v) is 11.9. The van der Waals surface area contributed by atoms with Crippen LogP contribution in [0.3, 0.4) is 0 Å². The highest BCUT2D eigenvalue weighted by atomic mass is 32.1. The van der Waals surface area contributed by atoms with Gasteiger partial charge >= 0.3 is 5.56 Å². The molecule has 3 aromatic carbocycles. The molecular formula is C51H50N12O3S3. The molecule has 11 rings (SSSR count). The average molecular weight is 975 g/mol. The molecule has 5 N–H and O–H groups in total. The molecule has 3 atom stereocenters. The van der Waals surface area contributed by atoms with E-state index in [2.05, 4.69) is 64.7 Å². The number of benzene rings is 3. The van der Waals surface area contributed by atoms with Crippen LogP contribution in [0.1, 0.15) is 69.0 Å². The van der Waals surface area contributed by atoms with E-state index >= 15 is 0 Å². The van der Waals surface area contributed by atoms with Crippen molar-refractivity contribution in [3.05, 3.63) is 140 Å². The molecule has 2 aliphatic heterocycles. The van der Waals surface area contributed by atoms with Gasteiger partial charge in [0.15, 0.2) is 5.69 Å². The van der Waals surface area contributed by atoms with Crippen LogP contribution in [-0.4, -0.2) is 80.9 Å². The first-order valence-corrected chi connectivity index (χ1v) is 26.0. The van der Waals surface area contributed by atoms with Crippen molar-refractivity contribution in [1.29, 1.82) is 0 Å². The topological polar surface area (TPSA) is 187 Å². The lowest BCUT2D eigenvalue weighted by atomic mass is 9.87. The van der Waals surface area contributed by atoms with Crippen molar-refractivity contribution in [1.82, 2.24) is 40.7 Å². The Balaban J connectivity index is 0.680. The molecule has 5 aromatic heterocycles. The monoisotopic (exact) mass is 974 g/mol. The molecule has 0 spiro atoms. The zero-order chi connectivity index (χ0) is 46.8. The van der Waals surface area contributed by atoms with Gasteiger partial charge < -0.3 is 26.2 Å². The fraction of sp³-hybridized carbons (Fsp3) is 0.294. The predicted molar refractivity (Wildman–Crippen MR) is 276 cm³/mol. The number of fused-ring (bicyclic) bond motifs is 4. The number of thiazole rings is 2. The summed E-state index contributed by atoms with van der Waals surface area (Å²) in [5, 5.41) is 30.9. The minimum Gasteiger partial charge on any atom is -0.383 e. The number of nitrogens with zero attached hydrogens (tertiary/aromatic N) is 7. The summed E-state index contributed by atoms with van der Waals surface area (Å²) in [6, 6.07) is 29.0. The molecule has 3 aliphatic rings. The number of rotatable bonds is 15. The Labute approximate surface area is 410 Å². The number of hydrogen-bond donors (Lipinski definition) is 5. The SMILES string of the molecule is Cc1ccc2c(NCCCCNC(=O)c3ccc(-c4csc(-n5[nH]c(-c6ccccc6)c(N=Nc6nccs6)c5=O)n4)cc3)c(C(=O)N[C@H]3CCc4cc(N5C[C@H]6CC[C@@H](C5)N6)ccc4C3)sc2n1. The molecule has 2 fully saturated rings. The van der Waals surface area contributed by atoms with Gasteiger partial charge in [-0.25, -0.2) is 15.0 Å². The Kier molecular flexibility index (Phi) is 12.7. The zero-order valence-electron chi connectivity index (χ0n) is 37.9. The Morgan fingerprint density at radius 3 is 2.49 bits per heavy atom. The van der Waals surface area contributed by atoms with Crippen LogP contribution in [0.15, 0.2) is 117 Å². The number of hydrogen-bond acceptors (Lipinski definition) is 14. The first-order chi connectivity index (χ1) is 33.8. The van der Waals surface area contributed by atoms with Crippen molar-refractivity contribution >= 4 is 78.2 Å². The van der Waals surface area contributed by atoms with Crippen LogP contribution < -0.4 is 31.7 Å². The largest absolute Gasteiger partial charge is 0.383 e. The number of nitrogens with one attached hydrogen (secondary N) is 5. The number of piperazine rings is 1. The molecule has 69 heavy (non-hydrogen) atoms. The third-order valence-electron chi connectivity index (χ3n) is 13.1. The van der Waals surface area contributed by atoms with Crippen molar-refractivity contribution in [2.75, 3.05) is 36.4 Å². The maximum Gasteiger partial charge on any atom is 0.301 e. The summed E-state index contributed by atoms with van der Waals surface area (Å²) in [6.45, 7) is 5.25. The molecule has 2 amide bonds. The van der Waals surface area contributed by atoms with E-state index in [1.165, 1.54) is 68.3 Å². The number of anilines is 2. The quantitative estimate of drug-likeness (QED) is 0.0493. The number of aromatic amines is 1. The van der Waals surface area contributed by atoms with Gasteiger partial charge in [-0.05, 0) is 99.4 Å². The molecule has 1 aliphatic carbocycles. The third kappa shape index (κ3) is 9.61. The van der Waals surface area contributed by atoms with Gasteiger partial charge in [0.1, 0.15) is 9.71 Å². The first kappa shape index (κ1) is 44.6. The molecule has 0 saturated carbocycles. The molecule has 0 radical (unpaired) electrons. The van der Waals surface area contributed by atoms with Gasteiger partial charge in [0.2, 0.25) is 10.3 Å². The van der Waals surface area contributed by atoms with Gasteiger partial charge in [-0.3, -0.25) is 19.5 Å². The molecule has 18 heteroatoms. The Bertz CT molecular complexity index is 3220. The smallest absolute Gasteiger partial charge is 0.301 e. The van der Waals surface area contributed by atoms with E-state index in [4.69, 9.17) is 9.97 Å². The highest BCUT2D eigenvalue weighted by molar-refractivity contribution is 7.21. The molecule has 15 nitrogen and oxygen atoms in total. The van der Waals surface area contributed by atoms with Crippen LogP contribution in [0.25, 0.3) is 37.9 Å². The number of H-pyrrole nitrogens is 1. The lowest BCUT2D eigenvalue weighted by Crippen LogP contribution is -2.51. The Morgan fingerprint density at radius 2 is 1.68 bits per heavy atom. The predicted octanol–water partition coefficient (Wildman–Crippen LogP) is 9.60. The molecule has 2 bridgehead atoms. The minimum absolute atomic E-state index is 0.0584. The van der Waals surface area contributed by atoms with Crippen molar-refractivity contribution in [3.8, 4) is 27.6 Å². The normalized spacial score (nSPS) is 17.6. The van der Waals surface area contributed by atoms with Gasteiger partial charge in [0.25, 0.3) is 11.8 Å².